The molecule has 0 saturated heterocycles. The van der Waals surface area contributed by atoms with Crippen molar-refractivity contribution < 1.29 is 0 Å². The first-order valence-corrected chi connectivity index (χ1v) is 7.23. The molecule has 3 aromatic rings. The van der Waals surface area contributed by atoms with Crippen LogP contribution in [-0.4, -0.2) is 21.5 Å². The molecule has 2 heterocycles. The molecule has 0 fully saturated rings. The van der Waals surface area contributed by atoms with Gasteiger partial charge in [0.1, 0.15) is 5.69 Å². The third-order valence-corrected chi connectivity index (χ3v) is 4.00. The van der Waals surface area contributed by atoms with Gasteiger partial charge in [0.25, 0.3) is 0 Å². The number of aromatic amines is 1. The van der Waals surface area contributed by atoms with Crippen LogP contribution in [0.1, 0.15) is 5.01 Å². The molecule has 0 spiro atoms. The predicted molar refractivity (Wildman–Crippen MR) is 77.7 cm³/mol. The number of nitrogens with two attached hydrogens (primary N) is 1. The van der Waals surface area contributed by atoms with Crippen molar-refractivity contribution >= 4 is 38.3 Å². The summed E-state index contributed by atoms with van der Waals surface area (Å²) in [6.45, 7) is 0.625. The number of aromatic nitrogens is 3. The highest BCUT2D eigenvalue weighted by molar-refractivity contribution is 9.10. The van der Waals surface area contributed by atoms with Crippen LogP contribution in [0.4, 0.5) is 0 Å². The van der Waals surface area contributed by atoms with E-state index < -0.39 is 0 Å². The summed E-state index contributed by atoms with van der Waals surface area (Å²) in [6, 6.07) is 5.97. The molecule has 3 N–H and O–H groups in total. The van der Waals surface area contributed by atoms with Gasteiger partial charge in [0, 0.05) is 16.3 Å². The molecule has 92 valence electrons. The van der Waals surface area contributed by atoms with Crippen LogP contribution in [0.2, 0.25) is 0 Å². The number of thiazole rings is 1. The second kappa shape index (κ2) is 4.79. The monoisotopic (exact) mass is 322 g/mol. The molecule has 0 aliphatic carbocycles. The maximum absolute atomic E-state index is 5.52. The van der Waals surface area contributed by atoms with E-state index in [0.29, 0.717) is 6.54 Å². The zero-order chi connectivity index (χ0) is 12.5. The van der Waals surface area contributed by atoms with Crippen LogP contribution < -0.4 is 5.73 Å². The van der Waals surface area contributed by atoms with E-state index in [0.717, 1.165) is 38.5 Å². The average Bonchev–Trinajstić information content (AvgIpc) is 2.94. The normalized spacial score (nSPS) is 11.2. The highest BCUT2D eigenvalue weighted by atomic mass is 79.9. The lowest BCUT2D eigenvalue weighted by molar-refractivity contribution is 0.953. The highest BCUT2D eigenvalue weighted by Gasteiger charge is 2.09. The molecule has 4 nitrogen and oxygen atoms in total. The van der Waals surface area contributed by atoms with Crippen LogP contribution in [0.15, 0.2) is 28.1 Å². The standard InChI is InChI=1S/C12H11BrN4S/c13-7-1-2-8-9(5-7)17-12(16-8)10-6-18-11(15-10)3-4-14/h1-2,5-6H,3-4,14H2,(H,16,17). The zero-order valence-corrected chi connectivity index (χ0v) is 11.9. The third-order valence-electron chi connectivity index (χ3n) is 2.60. The Balaban J connectivity index is 2.02. The number of rotatable bonds is 3. The predicted octanol–water partition coefficient (Wildman–Crippen LogP) is 2.95. The van der Waals surface area contributed by atoms with Crippen molar-refractivity contribution in [1.29, 1.82) is 0 Å². The zero-order valence-electron chi connectivity index (χ0n) is 9.48. The minimum absolute atomic E-state index is 0.625. The van der Waals surface area contributed by atoms with E-state index in [-0.39, 0.29) is 0 Å². The molecular weight excluding hydrogens is 312 g/mol. The molecule has 0 unspecified atom stereocenters. The first-order valence-electron chi connectivity index (χ1n) is 5.56. The van der Waals surface area contributed by atoms with E-state index in [1.54, 1.807) is 11.3 Å². The first kappa shape index (κ1) is 11.8. The Morgan fingerprint density at radius 1 is 1.33 bits per heavy atom. The Morgan fingerprint density at radius 2 is 2.22 bits per heavy atom. The molecule has 0 aliphatic heterocycles. The van der Waals surface area contributed by atoms with Gasteiger partial charge in [-0.2, -0.15) is 0 Å². The molecule has 1 aromatic carbocycles. The van der Waals surface area contributed by atoms with Gasteiger partial charge in [-0.3, -0.25) is 0 Å². The molecule has 0 aliphatic rings. The van der Waals surface area contributed by atoms with Crippen LogP contribution in [0.5, 0.6) is 0 Å². The Kier molecular flexibility index (Phi) is 3.15. The molecule has 0 amide bonds. The maximum Gasteiger partial charge on any atom is 0.158 e. The van der Waals surface area contributed by atoms with Crippen molar-refractivity contribution in [1.82, 2.24) is 15.0 Å². The number of hydrogen-bond donors (Lipinski definition) is 2. The maximum atomic E-state index is 5.52. The lowest BCUT2D eigenvalue weighted by Crippen LogP contribution is -2.02. The van der Waals surface area contributed by atoms with Gasteiger partial charge < -0.3 is 10.7 Å². The molecular formula is C12H11BrN4S. The van der Waals surface area contributed by atoms with Gasteiger partial charge in [0.05, 0.1) is 16.0 Å². The van der Waals surface area contributed by atoms with E-state index in [1.165, 1.54) is 0 Å². The molecule has 0 radical (unpaired) electrons. The molecule has 0 saturated carbocycles. The van der Waals surface area contributed by atoms with Crippen molar-refractivity contribution in [3.05, 3.63) is 33.1 Å². The summed E-state index contributed by atoms with van der Waals surface area (Å²) in [5.41, 5.74) is 8.36. The van der Waals surface area contributed by atoms with Gasteiger partial charge in [-0.25, -0.2) is 9.97 Å². The minimum Gasteiger partial charge on any atom is -0.337 e. The Morgan fingerprint density at radius 3 is 3.06 bits per heavy atom. The van der Waals surface area contributed by atoms with Gasteiger partial charge in [-0.1, -0.05) is 15.9 Å². The summed E-state index contributed by atoms with van der Waals surface area (Å²) in [5, 5.41) is 3.06. The molecule has 6 heteroatoms. The number of fused-ring (bicyclic) bond motifs is 1. The lowest BCUT2D eigenvalue weighted by Gasteiger charge is -1.89. The summed E-state index contributed by atoms with van der Waals surface area (Å²) in [4.78, 5) is 12.3. The molecule has 18 heavy (non-hydrogen) atoms. The Hall–Kier alpha value is -1.24. The number of imidazole rings is 1. The van der Waals surface area contributed by atoms with Crippen LogP contribution in [0.3, 0.4) is 0 Å². The summed E-state index contributed by atoms with van der Waals surface area (Å²) in [5.74, 6) is 0.808. The van der Waals surface area contributed by atoms with Gasteiger partial charge in [-0.15, -0.1) is 11.3 Å². The van der Waals surface area contributed by atoms with E-state index in [4.69, 9.17) is 5.73 Å². The Labute approximate surface area is 116 Å². The van der Waals surface area contributed by atoms with Crippen LogP contribution in [-0.2, 0) is 6.42 Å². The summed E-state index contributed by atoms with van der Waals surface area (Å²) < 4.78 is 1.03. The number of hydrogen-bond acceptors (Lipinski definition) is 4. The van der Waals surface area contributed by atoms with Crippen molar-refractivity contribution in [2.45, 2.75) is 6.42 Å². The molecule has 2 aromatic heterocycles. The third kappa shape index (κ3) is 2.19. The average molecular weight is 323 g/mol. The summed E-state index contributed by atoms with van der Waals surface area (Å²) >= 11 is 5.07. The number of nitrogens with one attached hydrogen (secondary N) is 1. The van der Waals surface area contributed by atoms with E-state index >= 15 is 0 Å². The van der Waals surface area contributed by atoms with Crippen molar-refractivity contribution in [3.8, 4) is 11.5 Å². The largest absolute Gasteiger partial charge is 0.337 e. The summed E-state index contributed by atoms with van der Waals surface area (Å²) in [7, 11) is 0. The SMILES string of the molecule is NCCc1nc(-c2nc3ccc(Br)cc3[nH]2)cs1. The Bertz CT molecular complexity index is 688. The van der Waals surface area contributed by atoms with Crippen molar-refractivity contribution in [2.24, 2.45) is 5.73 Å². The van der Waals surface area contributed by atoms with Crippen molar-refractivity contribution in [2.75, 3.05) is 6.54 Å². The fraction of sp³-hybridized carbons (Fsp3) is 0.167. The number of H-pyrrole nitrogens is 1. The fourth-order valence-corrected chi connectivity index (χ4v) is 2.92. The van der Waals surface area contributed by atoms with E-state index in [9.17, 15) is 0 Å². The number of nitrogens with zero attached hydrogens (tertiary/aromatic N) is 2. The minimum atomic E-state index is 0.625. The molecule has 0 bridgehead atoms. The quantitative estimate of drug-likeness (QED) is 0.779. The highest BCUT2D eigenvalue weighted by Crippen LogP contribution is 2.24. The molecule has 3 rings (SSSR count). The van der Waals surface area contributed by atoms with Crippen LogP contribution >= 0.6 is 27.3 Å². The second-order valence-corrected chi connectivity index (χ2v) is 5.77. The van der Waals surface area contributed by atoms with Gasteiger partial charge in [-0.05, 0) is 24.7 Å². The number of benzene rings is 1. The lowest BCUT2D eigenvalue weighted by atomic mass is 10.3. The van der Waals surface area contributed by atoms with E-state index in [1.807, 2.05) is 23.6 Å². The van der Waals surface area contributed by atoms with Gasteiger partial charge >= 0.3 is 0 Å². The van der Waals surface area contributed by atoms with Gasteiger partial charge in [0.15, 0.2) is 5.82 Å². The fourth-order valence-electron chi connectivity index (χ4n) is 1.76. The smallest absolute Gasteiger partial charge is 0.158 e. The van der Waals surface area contributed by atoms with Crippen LogP contribution in [0, 0.1) is 0 Å². The molecule has 0 atom stereocenters. The van der Waals surface area contributed by atoms with Gasteiger partial charge in [0.2, 0.25) is 0 Å². The van der Waals surface area contributed by atoms with Crippen molar-refractivity contribution in [3.63, 3.8) is 0 Å². The summed E-state index contributed by atoms with van der Waals surface area (Å²) in [6.07, 6.45) is 0.816. The topological polar surface area (TPSA) is 67.6 Å². The first-order chi connectivity index (χ1) is 8.76. The second-order valence-electron chi connectivity index (χ2n) is 3.91. The van der Waals surface area contributed by atoms with Crippen LogP contribution in [0.25, 0.3) is 22.6 Å². The number of halogens is 1. The van der Waals surface area contributed by atoms with E-state index in [2.05, 4.69) is 30.9 Å².